The maximum atomic E-state index is 13.4. The maximum absolute atomic E-state index is 13.4. The molecule has 0 radical (unpaired) electrons. The highest BCUT2D eigenvalue weighted by Gasteiger charge is 2.15. The van der Waals surface area contributed by atoms with Crippen molar-refractivity contribution in [2.75, 3.05) is 7.11 Å². The number of carbonyl (C=O) groups is 1. The van der Waals surface area contributed by atoms with Crippen LogP contribution >= 0.6 is 0 Å². The Labute approximate surface area is 119 Å². The molecule has 0 atom stereocenters. The van der Waals surface area contributed by atoms with Crippen LogP contribution in [0.1, 0.15) is 15.9 Å². The Kier molecular flexibility index (Phi) is 4.47. The fourth-order valence-corrected chi connectivity index (χ4v) is 1.82. The molecular formula is C15H12F3NO2. The van der Waals surface area contributed by atoms with Gasteiger partial charge < -0.3 is 10.1 Å². The summed E-state index contributed by atoms with van der Waals surface area (Å²) in [7, 11) is 1.33. The molecule has 0 aliphatic heterocycles. The third kappa shape index (κ3) is 3.34. The molecule has 0 aromatic heterocycles. The number of carbonyl (C=O) groups excluding carboxylic acids is 1. The second kappa shape index (κ2) is 6.30. The predicted octanol–water partition coefficient (Wildman–Crippen LogP) is 3.04. The van der Waals surface area contributed by atoms with E-state index in [1.807, 2.05) is 0 Å². The van der Waals surface area contributed by atoms with E-state index < -0.39 is 23.4 Å². The van der Waals surface area contributed by atoms with Gasteiger partial charge in [-0.3, -0.25) is 4.79 Å². The van der Waals surface area contributed by atoms with Crippen LogP contribution in [0.4, 0.5) is 13.2 Å². The van der Waals surface area contributed by atoms with Crippen LogP contribution in [-0.2, 0) is 6.54 Å². The average Bonchev–Trinajstić information content (AvgIpc) is 2.46. The molecule has 2 rings (SSSR count). The van der Waals surface area contributed by atoms with Crippen LogP contribution in [0.15, 0.2) is 36.4 Å². The van der Waals surface area contributed by atoms with Gasteiger partial charge in [-0.1, -0.05) is 6.07 Å². The molecule has 0 spiro atoms. The topological polar surface area (TPSA) is 38.3 Å². The van der Waals surface area contributed by atoms with E-state index in [0.29, 0.717) is 0 Å². The van der Waals surface area contributed by atoms with Crippen molar-refractivity contribution >= 4 is 5.91 Å². The van der Waals surface area contributed by atoms with Gasteiger partial charge in [0.2, 0.25) is 0 Å². The molecule has 0 aliphatic rings. The maximum Gasteiger partial charge on any atom is 0.255 e. The van der Waals surface area contributed by atoms with Gasteiger partial charge >= 0.3 is 0 Å². The smallest absolute Gasteiger partial charge is 0.255 e. The van der Waals surface area contributed by atoms with Crippen LogP contribution in [0.25, 0.3) is 0 Å². The van der Waals surface area contributed by atoms with Crippen molar-refractivity contribution in [3.05, 3.63) is 65.0 Å². The van der Waals surface area contributed by atoms with Gasteiger partial charge in [-0.05, 0) is 30.3 Å². The number of hydrogen-bond donors (Lipinski definition) is 1. The lowest BCUT2D eigenvalue weighted by molar-refractivity contribution is 0.0946. The van der Waals surface area contributed by atoms with E-state index in [4.69, 9.17) is 4.74 Å². The molecule has 0 saturated heterocycles. The van der Waals surface area contributed by atoms with Gasteiger partial charge in [-0.2, -0.15) is 0 Å². The SMILES string of the molecule is COc1ccc(F)cc1C(=O)NCc1c(F)cccc1F. The lowest BCUT2D eigenvalue weighted by Gasteiger charge is -2.10. The summed E-state index contributed by atoms with van der Waals surface area (Å²) in [6.45, 7) is -0.350. The minimum Gasteiger partial charge on any atom is -0.496 e. The van der Waals surface area contributed by atoms with E-state index >= 15 is 0 Å². The number of rotatable bonds is 4. The zero-order valence-electron chi connectivity index (χ0n) is 11.1. The first-order valence-electron chi connectivity index (χ1n) is 6.07. The lowest BCUT2D eigenvalue weighted by Crippen LogP contribution is -2.24. The Morgan fingerprint density at radius 3 is 2.43 bits per heavy atom. The molecule has 2 aromatic carbocycles. The molecule has 1 amide bonds. The Hall–Kier alpha value is -2.50. The summed E-state index contributed by atoms with van der Waals surface area (Å²) < 4.78 is 45.0. The molecule has 0 unspecified atom stereocenters. The Morgan fingerprint density at radius 1 is 1.14 bits per heavy atom. The quantitative estimate of drug-likeness (QED) is 0.941. The van der Waals surface area contributed by atoms with Crippen LogP contribution in [0.2, 0.25) is 0 Å². The standard InChI is InChI=1S/C15H12F3NO2/c1-21-14-6-5-9(16)7-10(14)15(20)19-8-11-12(17)3-2-4-13(11)18/h2-7H,8H2,1H3,(H,19,20). The summed E-state index contributed by atoms with van der Waals surface area (Å²) in [5.74, 6) is -2.65. The zero-order chi connectivity index (χ0) is 15.4. The number of benzene rings is 2. The molecule has 0 fully saturated rings. The Bertz CT molecular complexity index is 654. The van der Waals surface area contributed by atoms with Crippen molar-refractivity contribution in [2.24, 2.45) is 0 Å². The van der Waals surface area contributed by atoms with E-state index in [-0.39, 0.29) is 23.4 Å². The summed E-state index contributed by atoms with van der Waals surface area (Å²) in [6, 6.07) is 6.85. The molecule has 0 saturated carbocycles. The molecular weight excluding hydrogens is 283 g/mol. The average molecular weight is 295 g/mol. The molecule has 2 aromatic rings. The van der Waals surface area contributed by atoms with Gasteiger partial charge in [0, 0.05) is 12.1 Å². The molecule has 0 aliphatic carbocycles. The van der Waals surface area contributed by atoms with E-state index in [1.54, 1.807) is 0 Å². The first kappa shape index (κ1) is 14.9. The van der Waals surface area contributed by atoms with Crippen molar-refractivity contribution in [3.63, 3.8) is 0 Å². The van der Waals surface area contributed by atoms with Crippen LogP contribution in [0.5, 0.6) is 5.75 Å². The minimum atomic E-state index is -0.762. The lowest BCUT2D eigenvalue weighted by atomic mass is 10.1. The third-order valence-corrected chi connectivity index (χ3v) is 2.89. The number of nitrogens with one attached hydrogen (secondary N) is 1. The Morgan fingerprint density at radius 2 is 1.81 bits per heavy atom. The van der Waals surface area contributed by atoms with E-state index in [9.17, 15) is 18.0 Å². The normalized spacial score (nSPS) is 10.3. The molecule has 0 bridgehead atoms. The highest BCUT2D eigenvalue weighted by molar-refractivity contribution is 5.96. The van der Waals surface area contributed by atoms with Crippen LogP contribution < -0.4 is 10.1 Å². The molecule has 0 heterocycles. The van der Waals surface area contributed by atoms with Crippen LogP contribution in [0, 0.1) is 17.5 Å². The predicted molar refractivity (Wildman–Crippen MR) is 70.5 cm³/mol. The van der Waals surface area contributed by atoms with Gasteiger partial charge in [0.1, 0.15) is 23.2 Å². The third-order valence-electron chi connectivity index (χ3n) is 2.89. The minimum absolute atomic E-state index is 0.0470. The summed E-state index contributed by atoms with van der Waals surface area (Å²) in [4.78, 5) is 12.0. The van der Waals surface area contributed by atoms with Crippen molar-refractivity contribution in [1.82, 2.24) is 5.32 Å². The first-order valence-corrected chi connectivity index (χ1v) is 6.07. The summed E-state index contributed by atoms with van der Waals surface area (Å²) in [5.41, 5.74) is -0.310. The number of halogens is 3. The van der Waals surface area contributed by atoms with Gasteiger partial charge in [0.05, 0.1) is 12.7 Å². The van der Waals surface area contributed by atoms with Gasteiger partial charge in [-0.25, -0.2) is 13.2 Å². The highest BCUT2D eigenvalue weighted by Crippen LogP contribution is 2.19. The van der Waals surface area contributed by atoms with Gasteiger partial charge in [0.15, 0.2) is 0 Å². The first-order chi connectivity index (χ1) is 10.0. The summed E-state index contributed by atoms with van der Waals surface area (Å²) in [6.07, 6.45) is 0. The molecule has 6 heteroatoms. The van der Waals surface area contributed by atoms with Crippen molar-refractivity contribution in [1.29, 1.82) is 0 Å². The monoisotopic (exact) mass is 295 g/mol. The number of methoxy groups -OCH3 is 1. The van der Waals surface area contributed by atoms with Crippen molar-refractivity contribution < 1.29 is 22.7 Å². The van der Waals surface area contributed by atoms with Gasteiger partial charge in [-0.15, -0.1) is 0 Å². The Balaban J connectivity index is 2.17. The number of ether oxygens (including phenoxy) is 1. The second-order valence-electron chi connectivity index (χ2n) is 4.23. The zero-order valence-corrected chi connectivity index (χ0v) is 11.1. The molecule has 21 heavy (non-hydrogen) atoms. The molecule has 110 valence electrons. The van der Waals surface area contributed by atoms with Crippen LogP contribution in [0.3, 0.4) is 0 Å². The van der Waals surface area contributed by atoms with E-state index in [1.165, 1.54) is 19.2 Å². The fourth-order valence-electron chi connectivity index (χ4n) is 1.82. The van der Waals surface area contributed by atoms with Gasteiger partial charge in [0.25, 0.3) is 5.91 Å². The summed E-state index contributed by atoms with van der Waals surface area (Å²) >= 11 is 0. The van der Waals surface area contributed by atoms with E-state index in [2.05, 4.69) is 5.32 Å². The summed E-state index contributed by atoms with van der Waals surface area (Å²) in [5, 5.41) is 2.33. The largest absolute Gasteiger partial charge is 0.496 e. The van der Waals surface area contributed by atoms with Crippen LogP contribution in [-0.4, -0.2) is 13.0 Å². The van der Waals surface area contributed by atoms with E-state index in [0.717, 1.165) is 24.3 Å². The highest BCUT2D eigenvalue weighted by atomic mass is 19.1. The number of hydrogen-bond acceptors (Lipinski definition) is 2. The molecule has 3 nitrogen and oxygen atoms in total. The molecule has 1 N–H and O–H groups in total. The van der Waals surface area contributed by atoms with Crippen molar-refractivity contribution in [2.45, 2.75) is 6.54 Å². The second-order valence-corrected chi connectivity index (χ2v) is 4.23. The fraction of sp³-hybridized carbons (Fsp3) is 0.133. The number of amides is 1. The van der Waals surface area contributed by atoms with Crippen molar-refractivity contribution in [3.8, 4) is 5.75 Å².